The molecular formula is C11H17ClMg. The highest BCUT2D eigenvalue weighted by Crippen LogP contribution is 2.01. The Labute approximate surface area is 97.2 Å². The van der Waals surface area contributed by atoms with Gasteiger partial charge in [0.1, 0.15) is 0 Å². The molecule has 0 fully saturated rings. The zero-order chi connectivity index (χ0) is 8.65. The van der Waals surface area contributed by atoms with Crippen molar-refractivity contribution < 1.29 is 0 Å². The Bertz CT molecular complexity index is 199. The largest absolute Gasteiger partial charge is 0.370 e. The minimum atomic E-state index is 0. The Balaban J connectivity index is 0.00000144. The van der Waals surface area contributed by atoms with Crippen LogP contribution in [0.15, 0.2) is 30.3 Å². The number of benzene rings is 1. The van der Waals surface area contributed by atoms with Crippen LogP contribution in [-0.2, 0) is 4.55 Å². The molecule has 0 atom stereocenters. The van der Waals surface area contributed by atoms with Crippen LogP contribution in [-0.4, -0.2) is 20.4 Å². The lowest BCUT2D eigenvalue weighted by atomic mass is 10.2. The van der Waals surface area contributed by atoms with Gasteiger partial charge in [0.2, 0.25) is 0 Å². The van der Waals surface area contributed by atoms with Crippen molar-refractivity contribution in [2.24, 2.45) is 0 Å². The molecule has 0 nitrogen and oxygen atoms in total. The van der Waals surface area contributed by atoms with Gasteiger partial charge in [-0.05, 0) is 0 Å². The number of rotatable bonds is 5. The molecule has 1 aromatic carbocycles. The Morgan fingerprint density at radius 2 is 1.85 bits per heavy atom. The Kier molecular flexibility index (Phi) is 9.04. The van der Waals surface area contributed by atoms with Crippen LogP contribution in [0.5, 0.6) is 0 Å². The van der Waals surface area contributed by atoms with Crippen LogP contribution in [0.2, 0.25) is 4.55 Å². The average molecular weight is 209 g/mol. The van der Waals surface area contributed by atoms with Crippen LogP contribution >= 0.6 is 12.4 Å². The maximum Gasteiger partial charge on any atom is 0.370 e. The average Bonchev–Trinajstić information content (AvgIpc) is 2.14. The number of hydrogen-bond donors (Lipinski definition) is 0. The first-order valence-electron chi connectivity index (χ1n) is 4.97. The Morgan fingerprint density at radius 3 is 2.46 bits per heavy atom. The molecule has 0 saturated heterocycles. The molecule has 2 heteroatoms. The second kappa shape index (κ2) is 8.86. The third kappa shape index (κ3) is 6.36. The van der Waals surface area contributed by atoms with Gasteiger partial charge in [-0.25, -0.2) is 0 Å². The first kappa shape index (κ1) is 13.3. The fourth-order valence-electron chi connectivity index (χ4n) is 1.40. The van der Waals surface area contributed by atoms with E-state index >= 15 is 0 Å². The van der Waals surface area contributed by atoms with Gasteiger partial charge in [-0.3, -0.25) is 0 Å². The molecule has 0 bridgehead atoms. The molecule has 0 aliphatic carbocycles. The normalized spacial score (nSPS) is 8.69. The lowest BCUT2D eigenvalue weighted by Gasteiger charge is -1.97. The highest BCUT2D eigenvalue weighted by Gasteiger charge is 1.95. The van der Waals surface area contributed by atoms with E-state index < -0.39 is 0 Å². The van der Waals surface area contributed by atoms with Gasteiger partial charge >= 0.3 is 20.4 Å². The van der Waals surface area contributed by atoms with Gasteiger partial charge in [0.05, 0.1) is 0 Å². The van der Waals surface area contributed by atoms with Gasteiger partial charge in [-0.2, -0.15) is 0 Å². The quantitative estimate of drug-likeness (QED) is 0.513. The molecule has 1 aromatic rings. The van der Waals surface area contributed by atoms with Gasteiger partial charge in [0.25, 0.3) is 0 Å². The van der Waals surface area contributed by atoms with Crippen molar-refractivity contribution in [1.82, 2.24) is 0 Å². The van der Waals surface area contributed by atoms with Crippen molar-refractivity contribution in [2.45, 2.75) is 28.9 Å². The summed E-state index contributed by atoms with van der Waals surface area (Å²) < 4.78 is 2.91. The van der Waals surface area contributed by atoms with Gasteiger partial charge in [0.15, 0.2) is 0 Å². The van der Waals surface area contributed by atoms with Crippen molar-refractivity contribution in [3.8, 4) is 0 Å². The molecule has 0 aliphatic rings. The van der Waals surface area contributed by atoms with Crippen LogP contribution in [0.1, 0.15) is 25.3 Å². The second-order valence-electron chi connectivity index (χ2n) is 3.30. The van der Waals surface area contributed by atoms with E-state index in [0.29, 0.717) is 0 Å². The lowest BCUT2D eigenvalue weighted by molar-refractivity contribution is 0.877. The van der Waals surface area contributed by atoms with E-state index in [9.17, 15) is 0 Å². The molecule has 13 heavy (non-hydrogen) atoms. The zero-order valence-corrected chi connectivity index (χ0v) is 10.6. The summed E-state index contributed by atoms with van der Waals surface area (Å²) in [6, 6.07) is 10.9. The van der Waals surface area contributed by atoms with E-state index in [2.05, 4.69) is 37.3 Å². The molecule has 0 N–H and O–H groups in total. The Morgan fingerprint density at radius 1 is 1.15 bits per heavy atom. The predicted molar refractivity (Wildman–Crippen MR) is 62.9 cm³/mol. The second-order valence-corrected chi connectivity index (χ2v) is 5.21. The van der Waals surface area contributed by atoms with E-state index in [1.54, 1.807) is 5.56 Å². The fourth-order valence-corrected chi connectivity index (χ4v) is 3.25. The van der Waals surface area contributed by atoms with Crippen molar-refractivity contribution in [2.75, 3.05) is 0 Å². The smallest absolute Gasteiger partial charge is 0.147 e. The summed E-state index contributed by atoms with van der Waals surface area (Å²) >= 11 is 0.202. The number of halogens is 1. The molecule has 0 amide bonds. The molecule has 1 rings (SSSR count). The summed E-state index contributed by atoms with van der Waals surface area (Å²) in [4.78, 5) is 0. The predicted octanol–water partition coefficient (Wildman–Crippen LogP) is 3.53. The van der Waals surface area contributed by atoms with Crippen LogP contribution in [0.4, 0.5) is 0 Å². The zero-order valence-electron chi connectivity index (χ0n) is 8.33. The van der Waals surface area contributed by atoms with Crippen molar-refractivity contribution >= 4 is 32.8 Å². The van der Waals surface area contributed by atoms with Gasteiger partial charge in [0, 0.05) is 0 Å². The molecule has 0 aliphatic heterocycles. The van der Waals surface area contributed by atoms with Crippen molar-refractivity contribution in [3.05, 3.63) is 35.9 Å². The SMILES string of the molecule is CCC[CH2][Mg][CH2]c1ccccc1.Cl. The third-order valence-corrected chi connectivity index (χ3v) is 4.09. The first-order valence-corrected chi connectivity index (χ1v) is 6.97. The molecule has 0 heterocycles. The summed E-state index contributed by atoms with van der Waals surface area (Å²) in [5, 5.41) is 0. The molecule has 0 saturated carbocycles. The maximum absolute atomic E-state index is 2.27. The topological polar surface area (TPSA) is 0 Å². The minimum Gasteiger partial charge on any atom is -0.147 e. The highest BCUT2D eigenvalue weighted by molar-refractivity contribution is 6.34. The number of unbranched alkanes of at least 4 members (excludes halogenated alkanes) is 1. The standard InChI is InChI=1S/C7H7.C4H9.ClH.Mg/c1-7-5-3-2-4-6-7;1-3-4-2;;/h2-6H,1H2;1,3-4H2,2H3;1H;. The first-order chi connectivity index (χ1) is 5.93. The third-order valence-electron chi connectivity index (χ3n) is 2.16. The molecular weight excluding hydrogens is 192 g/mol. The van der Waals surface area contributed by atoms with Crippen molar-refractivity contribution in [3.63, 3.8) is 0 Å². The van der Waals surface area contributed by atoms with Crippen molar-refractivity contribution in [1.29, 1.82) is 0 Å². The van der Waals surface area contributed by atoms with Crippen LogP contribution in [0.25, 0.3) is 0 Å². The molecule has 0 unspecified atom stereocenters. The summed E-state index contributed by atoms with van der Waals surface area (Å²) in [5.41, 5.74) is 1.54. The maximum atomic E-state index is 2.27. The fraction of sp³-hybridized carbons (Fsp3) is 0.455. The van der Waals surface area contributed by atoms with Crippen LogP contribution in [0.3, 0.4) is 0 Å². The van der Waals surface area contributed by atoms with Crippen LogP contribution < -0.4 is 0 Å². The summed E-state index contributed by atoms with van der Waals surface area (Å²) in [6.45, 7) is 2.27. The molecule has 0 aromatic heterocycles. The molecule has 0 spiro atoms. The van der Waals surface area contributed by atoms with E-state index in [4.69, 9.17) is 0 Å². The monoisotopic (exact) mass is 208 g/mol. The molecule has 70 valence electrons. The highest BCUT2D eigenvalue weighted by atomic mass is 35.5. The van der Waals surface area contributed by atoms with Gasteiger partial charge in [-0.15, -0.1) is 21.5 Å². The van der Waals surface area contributed by atoms with Crippen LogP contribution in [0, 0.1) is 0 Å². The number of hydrogen-bond acceptors (Lipinski definition) is 0. The van der Waals surface area contributed by atoms with Gasteiger partial charge in [-0.1, -0.05) is 55.7 Å². The summed E-state index contributed by atoms with van der Waals surface area (Å²) in [7, 11) is 0. The Hall–Kier alpha value is 0.276. The van der Waals surface area contributed by atoms with E-state index in [1.807, 2.05) is 0 Å². The summed E-state index contributed by atoms with van der Waals surface area (Å²) in [5.74, 6) is 0. The lowest BCUT2D eigenvalue weighted by Crippen LogP contribution is -1.95. The van der Waals surface area contributed by atoms with Gasteiger partial charge < -0.3 is 0 Å². The van der Waals surface area contributed by atoms with E-state index in [-0.39, 0.29) is 32.8 Å². The van der Waals surface area contributed by atoms with E-state index in [0.717, 1.165) is 0 Å². The summed E-state index contributed by atoms with van der Waals surface area (Å²) in [6.07, 6.45) is 2.81. The minimum absolute atomic E-state index is 0. The molecule has 0 radical (unpaired) electrons. The van der Waals surface area contributed by atoms with E-state index in [1.165, 1.54) is 21.9 Å².